The number of nitrogens with zero attached hydrogens (tertiary/aromatic N) is 2. The topological polar surface area (TPSA) is 46.3 Å². The first kappa shape index (κ1) is 10.7. The highest BCUT2D eigenvalue weighted by atomic mass is 35.5. The van der Waals surface area contributed by atoms with E-state index in [1.807, 2.05) is 0 Å². The molecule has 82 valence electrons. The van der Waals surface area contributed by atoms with E-state index in [9.17, 15) is 4.79 Å². The molecule has 0 spiro atoms. The number of halogens is 1. The summed E-state index contributed by atoms with van der Waals surface area (Å²) < 4.78 is 5.05. The van der Waals surface area contributed by atoms with Crippen LogP contribution in [0.3, 0.4) is 0 Å². The van der Waals surface area contributed by atoms with Crippen LogP contribution < -0.4 is 4.90 Å². The summed E-state index contributed by atoms with van der Waals surface area (Å²) in [4.78, 5) is 17.3. The Labute approximate surface area is 97.5 Å². The smallest absolute Gasteiger partial charge is 0.293 e. The zero-order valence-electron chi connectivity index (χ0n) is 8.55. The SMILES string of the molecule is CN(C(=O)c1ccc(Cl)o1)c1ccncc1. The van der Waals surface area contributed by atoms with Crippen molar-refractivity contribution in [3.05, 3.63) is 47.6 Å². The normalized spacial score (nSPS) is 10.1. The van der Waals surface area contributed by atoms with Crippen molar-refractivity contribution in [3.8, 4) is 0 Å². The molecule has 2 heterocycles. The van der Waals surface area contributed by atoms with Crippen LogP contribution in [0.15, 0.2) is 41.1 Å². The van der Waals surface area contributed by atoms with E-state index in [1.54, 1.807) is 37.6 Å². The van der Waals surface area contributed by atoms with Crippen LogP contribution in [0.25, 0.3) is 0 Å². The molecule has 0 fully saturated rings. The first-order valence-electron chi connectivity index (χ1n) is 4.62. The van der Waals surface area contributed by atoms with Gasteiger partial charge in [-0.2, -0.15) is 0 Å². The standard InChI is InChI=1S/C11H9ClN2O2/c1-14(8-4-6-13-7-5-8)11(15)9-2-3-10(12)16-9/h2-7H,1H3. The van der Waals surface area contributed by atoms with E-state index in [0.717, 1.165) is 5.69 Å². The van der Waals surface area contributed by atoms with Crippen LogP contribution in [-0.2, 0) is 0 Å². The molecule has 5 heteroatoms. The predicted molar refractivity (Wildman–Crippen MR) is 60.7 cm³/mol. The quantitative estimate of drug-likeness (QED) is 0.805. The van der Waals surface area contributed by atoms with Gasteiger partial charge in [-0.15, -0.1) is 0 Å². The highest BCUT2D eigenvalue weighted by Gasteiger charge is 2.16. The predicted octanol–water partition coefficient (Wildman–Crippen LogP) is 2.60. The second kappa shape index (κ2) is 4.37. The summed E-state index contributed by atoms with van der Waals surface area (Å²) in [5.74, 6) is -0.0394. The second-order valence-corrected chi connectivity index (χ2v) is 3.55. The Morgan fingerprint density at radius 2 is 2.00 bits per heavy atom. The fourth-order valence-corrected chi connectivity index (χ4v) is 1.43. The van der Waals surface area contributed by atoms with E-state index in [0.29, 0.717) is 0 Å². The lowest BCUT2D eigenvalue weighted by Gasteiger charge is -2.15. The van der Waals surface area contributed by atoms with Crippen molar-refractivity contribution < 1.29 is 9.21 Å². The van der Waals surface area contributed by atoms with Crippen molar-refractivity contribution in [2.45, 2.75) is 0 Å². The number of anilines is 1. The average molecular weight is 237 g/mol. The fourth-order valence-electron chi connectivity index (χ4n) is 1.28. The molecule has 0 unspecified atom stereocenters. The minimum atomic E-state index is -0.252. The number of amides is 1. The lowest BCUT2D eigenvalue weighted by atomic mass is 10.3. The highest BCUT2D eigenvalue weighted by molar-refractivity contribution is 6.29. The first-order chi connectivity index (χ1) is 7.68. The van der Waals surface area contributed by atoms with Crippen LogP contribution in [0.1, 0.15) is 10.6 Å². The third-order valence-electron chi connectivity index (χ3n) is 2.14. The van der Waals surface area contributed by atoms with Gasteiger partial charge in [0.2, 0.25) is 0 Å². The van der Waals surface area contributed by atoms with Gasteiger partial charge in [0.25, 0.3) is 5.91 Å². The van der Waals surface area contributed by atoms with Crippen molar-refractivity contribution in [3.63, 3.8) is 0 Å². The van der Waals surface area contributed by atoms with Crippen LogP contribution in [0.2, 0.25) is 5.22 Å². The van der Waals surface area contributed by atoms with Crippen molar-refractivity contribution in [1.82, 2.24) is 4.98 Å². The summed E-state index contributed by atoms with van der Waals surface area (Å²) in [6.45, 7) is 0. The molecule has 16 heavy (non-hydrogen) atoms. The molecule has 0 aliphatic heterocycles. The molecule has 0 atom stereocenters. The van der Waals surface area contributed by atoms with Crippen LogP contribution in [0.5, 0.6) is 0 Å². The molecule has 0 aromatic carbocycles. The number of aromatic nitrogens is 1. The third-order valence-corrected chi connectivity index (χ3v) is 2.34. The Morgan fingerprint density at radius 3 is 2.56 bits per heavy atom. The van der Waals surface area contributed by atoms with Gasteiger partial charge in [-0.3, -0.25) is 9.78 Å². The highest BCUT2D eigenvalue weighted by Crippen LogP contribution is 2.18. The van der Waals surface area contributed by atoms with Gasteiger partial charge in [-0.25, -0.2) is 0 Å². The molecule has 2 rings (SSSR count). The van der Waals surface area contributed by atoms with Crippen LogP contribution in [-0.4, -0.2) is 17.9 Å². The monoisotopic (exact) mass is 236 g/mol. The average Bonchev–Trinajstić information content (AvgIpc) is 2.75. The summed E-state index contributed by atoms with van der Waals surface area (Å²) in [5.41, 5.74) is 0.743. The van der Waals surface area contributed by atoms with Crippen LogP contribution in [0.4, 0.5) is 5.69 Å². The Balaban J connectivity index is 2.23. The lowest BCUT2D eigenvalue weighted by Crippen LogP contribution is -2.25. The van der Waals surface area contributed by atoms with Gasteiger partial charge in [0.15, 0.2) is 11.0 Å². The number of rotatable bonds is 2. The summed E-state index contributed by atoms with van der Waals surface area (Å²) in [6, 6.07) is 6.56. The maximum Gasteiger partial charge on any atom is 0.293 e. The number of hydrogen-bond donors (Lipinski definition) is 0. The van der Waals surface area contributed by atoms with Gasteiger partial charge in [-0.1, -0.05) is 0 Å². The molecule has 2 aromatic heterocycles. The summed E-state index contributed by atoms with van der Waals surface area (Å²) in [7, 11) is 1.66. The number of furan rings is 1. The molecule has 0 aliphatic carbocycles. The van der Waals surface area contributed by atoms with Gasteiger partial charge in [0, 0.05) is 25.1 Å². The molecule has 1 amide bonds. The van der Waals surface area contributed by atoms with Gasteiger partial charge < -0.3 is 9.32 Å². The van der Waals surface area contributed by atoms with Gasteiger partial charge in [0.1, 0.15) is 0 Å². The van der Waals surface area contributed by atoms with E-state index in [-0.39, 0.29) is 16.9 Å². The molecular weight excluding hydrogens is 228 g/mol. The van der Waals surface area contributed by atoms with Gasteiger partial charge in [0.05, 0.1) is 0 Å². The zero-order chi connectivity index (χ0) is 11.5. The second-order valence-electron chi connectivity index (χ2n) is 3.17. The van der Waals surface area contributed by atoms with Crippen molar-refractivity contribution in [2.24, 2.45) is 0 Å². The van der Waals surface area contributed by atoms with Crippen molar-refractivity contribution >= 4 is 23.2 Å². The van der Waals surface area contributed by atoms with E-state index in [2.05, 4.69) is 4.98 Å². The Bertz CT molecular complexity index is 496. The van der Waals surface area contributed by atoms with E-state index >= 15 is 0 Å². The van der Waals surface area contributed by atoms with E-state index < -0.39 is 0 Å². The fraction of sp³-hybridized carbons (Fsp3) is 0.0909. The maximum absolute atomic E-state index is 11.9. The van der Waals surface area contributed by atoms with E-state index in [1.165, 1.54) is 11.0 Å². The van der Waals surface area contributed by atoms with Crippen molar-refractivity contribution in [1.29, 1.82) is 0 Å². The molecule has 0 aliphatic rings. The third kappa shape index (κ3) is 2.06. The zero-order valence-corrected chi connectivity index (χ0v) is 9.31. The van der Waals surface area contributed by atoms with Crippen molar-refractivity contribution in [2.75, 3.05) is 11.9 Å². The molecule has 2 aromatic rings. The number of hydrogen-bond acceptors (Lipinski definition) is 3. The van der Waals surface area contributed by atoms with Gasteiger partial charge >= 0.3 is 0 Å². The summed E-state index contributed by atoms with van der Waals surface area (Å²) >= 11 is 5.61. The maximum atomic E-state index is 11.9. The Morgan fingerprint density at radius 1 is 1.31 bits per heavy atom. The molecule has 0 N–H and O–H groups in total. The minimum Gasteiger partial charge on any atom is -0.440 e. The minimum absolute atomic E-state index is 0.200. The molecule has 0 radical (unpaired) electrons. The first-order valence-corrected chi connectivity index (χ1v) is 4.99. The van der Waals surface area contributed by atoms with E-state index in [4.69, 9.17) is 16.0 Å². The van der Waals surface area contributed by atoms with Crippen LogP contribution in [0, 0.1) is 0 Å². The number of carbonyl (C=O) groups is 1. The molecule has 0 saturated carbocycles. The number of pyridine rings is 1. The summed E-state index contributed by atoms with van der Waals surface area (Å²) in [6.07, 6.45) is 3.24. The summed E-state index contributed by atoms with van der Waals surface area (Å²) in [5, 5.41) is 0.200. The van der Waals surface area contributed by atoms with Crippen LogP contribution >= 0.6 is 11.6 Å². The molecule has 0 bridgehead atoms. The Kier molecular flexibility index (Phi) is 2.92. The Hall–Kier alpha value is -1.81. The van der Waals surface area contributed by atoms with Gasteiger partial charge in [-0.05, 0) is 35.9 Å². The molecular formula is C11H9ClN2O2. The largest absolute Gasteiger partial charge is 0.440 e. The number of carbonyl (C=O) groups excluding carboxylic acids is 1. The molecule has 0 saturated heterocycles. The molecule has 4 nitrogen and oxygen atoms in total. The lowest BCUT2D eigenvalue weighted by molar-refractivity contribution is 0.0966.